The number of amides is 3. The third-order valence-electron chi connectivity index (χ3n) is 6.77. The van der Waals surface area contributed by atoms with Gasteiger partial charge in [0.1, 0.15) is 6.04 Å². The summed E-state index contributed by atoms with van der Waals surface area (Å²) in [5.41, 5.74) is 0. The van der Waals surface area contributed by atoms with Gasteiger partial charge < -0.3 is 20.0 Å². The average molecular weight is 701 g/mol. The average Bonchev–Trinajstić information content (AvgIpc) is 3.28. The number of aliphatic carboxylic acids is 2. The van der Waals surface area contributed by atoms with Crippen molar-refractivity contribution in [2.45, 2.75) is 110 Å². The standard InChI is InChI=1S/C12H19NO4S2.C12H23NO3S2.C5H10O2/c1-8(2)9(19-18-3)4-7-12(16)17-13-10(14)5-6-11(13)15;1-8(2)10(18-17-5)6-7-11(14)13(4)9(3)12(15)16;1-3-4(2)5(6)7/h8-9H,4-7H2,1-3H3;8-10H,6-7H2,1-5H3,(H,15,16);4H,3H2,1-2H3,(H,6,7)/t;9-,10?;4-/m.01/s1. The fourth-order valence-electron chi connectivity index (χ4n) is 3.30. The Balaban J connectivity index is 0. The Morgan fingerprint density at radius 3 is 1.57 bits per heavy atom. The number of hydroxylamine groups is 2. The summed E-state index contributed by atoms with van der Waals surface area (Å²) in [5.74, 6) is -2.37. The van der Waals surface area contributed by atoms with Gasteiger partial charge in [-0.2, -0.15) is 0 Å². The molecule has 1 fully saturated rings. The van der Waals surface area contributed by atoms with Crippen LogP contribution in [-0.2, 0) is 33.6 Å². The van der Waals surface area contributed by atoms with Crippen LogP contribution >= 0.6 is 43.2 Å². The molecule has 2 unspecified atom stereocenters. The number of rotatable bonds is 17. The molecule has 256 valence electrons. The molecule has 1 rings (SSSR count). The molecule has 44 heavy (non-hydrogen) atoms. The van der Waals surface area contributed by atoms with Crippen LogP contribution in [0, 0.1) is 17.8 Å². The van der Waals surface area contributed by atoms with Crippen molar-refractivity contribution in [3.63, 3.8) is 0 Å². The highest BCUT2D eigenvalue weighted by atomic mass is 33.1. The van der Waals surface area contributed by atoms with Gasteiger partial charge in [0.15, 0.2) is 0 Å². The molecular weight excluding hydrogens is 649 g/mol. The minimum absolute atomic E-state index is 0.0998. The van der Waals surface area contributed by atoms with Crippen molar-refractivity contribution in [3.8, 4) is 0 Å². The quantitative estimate of drug-likeness (QED) is 0.129. The third-order valence-corrected chi connectivity index (χ3v) is 11.8. The van der Waals surface area contributed by atoms with Gasteiger partial charge in [0, 0.05) is 43.2 Å². The zero-order valence-electron chi connectivity index (χ0n) is 27.7. The molecule has 0 saturated carbocycles. The lowest BCUT2D eigenvalue weighted by molar-refractivity contribution is -0.197. The lowest BCUT2D eigenvalue weighted by Gasteiger charge is -2.23. The van der Waals surface area contributed by atoms with E-state index in [4.69, 9.17) is 15.1 Å². The zero-order valence-corrected chi connectivity index (χ0v) is 31.0. The van der Waals surface area contributed by atoms with E-state index in [2.05, 4.69) is 27.7 Å². The van der Waals surface area contributed by atoms with E-state index in [1.54, 1.807) is 57.1 Å². The van der Waals surface area contributed by atoms with Crippen molar-refractivity contribution < 1.29 is 43.8 Å². The molecule has 0 bridgehead atoms. The van der Waals surface area contributed by atoms with Crippen LogP contribution in [0.1, 0.15) is 93.4 Å². The van der Waals surface area contributed by atoms with Crippen molar-refractivity contribution in [1.29, 1.82) is 0 Å². The fraction of sp³-hybridized carbons (Fsp3) is 0.793. The fourth-order valence-corrected chi connectivity index (χ4v) is 8.06. The second-order valence-corrected chi connectivity index (χ2v) is 16.3. The van der Waals surface area contributed by atoms with Gasteiger partial charge in [0.2, 0.25) is 5.91 Å². The van der Waals surface area contributed by atoms with Gasteiger partial charge in [-0.05, 0) is 50.5 Å². The monoisotopic (exact) mass is 700 g/mol. The topological polar surface area (TPSA) is 159 Å². The Kier molecular flexibility index (Phi) is 24.9. The SMILES string of the molecule is CC[C@@H](C)C(=O)O.CSSC(CCC(=O)N(C)[C@@H](C)C(=O)O)C(C)C.CSSC(CCC(=O)ON1C(=O)CCC1=O)C(C)C. The van der Waals surface area contributed by atoms with Gasteiger partial charge >= 0.3 is 17.9 Å². The van der Waals surface area contributed by atoms with Gasteiger partial charge in [-0.1, -0.05) is 84.7 Å². The Labute approximate surface area is 278 Å². The molecule has 0 aromatic rings. The molecule has 2 N–H and O–H groups in total. The first kappa shape index (κ1) is 44.5. The molecule has 15 heteroatoms. The maximum Gasteiger partial charge on any atom is 0.333 e. The van der Waals surface area contributed by atoms with Crippen molar-refractivity contribution in [2.75, 3.05) is 19.6 Å². The third kappa shape index (κ3) is 19.1. The van der Waals surface area contributed by atoms with E-state index in [1.165, 1.54) is 11.8 Å². The number of carboxylic acids is 2. The van der Waals surface area contributed by atoms with Crippen molar-refractivity contribution in [2.24, 2.45) is 17.8 Å². The van der Waals surface area contributed by atoms with Crippen LogP contribution < -0.4 is 0 Å². The lowest BCUT2D eigenvalue weighted by atomic mass is 10.1. The summed E-state index contributed by atoms with van der Waals surface area (Å²) >= 11 is 0. The molecule has 11 nitrogen and oxygen atoms in total. The molecule has 1 aliphatic rings. The molecular formula is C29H52N2O9S4. The van der Waals surface area contributed by atoms with Crippen LogP contribution in [0.15, 0.2) is 0 Å². The summed E-state index contributed by atoms with van der Waals surface area (Å²) in [6.07, 6.45) is 7.09. The van der Waals surface area contributed by atoms with E-state index in [-0.39, 0.29) is 31.1 Å². The maximum absolute atomic E-state index is 11.9. The van der Waals surface area contributed by atoms with Gasteiger partial charge in [0.05, 0.1) is 5.92 Å². The second-order valence-electron chi connectivity index (χ2n) is 10.9. The zero-order chi connectivity index (χ0) is 34.6. The number of nitrogens with zero attached hydrogens (tertiary/aromatic N) is 2. The van der Waals surface area contributed by atoms with Crippen LogP contribution in [0.2, 0.25) is 0 Å². The minimum atomic E-state index is -0.968. The van der Waals surface area contributed by atoms with E-state index >= 15 is 0 Å². The van der Waals surface area contributed by atoms with Gasteiger partial charge in [-0.3, -0.25) is 19.2 Å². The summed E-state index contributed by atoms with van der Waals surface area (Å²) < 4.78 is 0. The predicted molar refractivity (Wildman–Crippen MR) is 182 cm³/mol. The smallest absolute Gasteiger partial charge is 0.333 e. The van der Waals surface area contributed by atoms with E-state index < -0.39 is 35.8 Å². The lowest BCUT2D eigenvalue weighted by Crippen LogP contribution is -2.40. The Morgan fingerprint density at radius 1 is 0.818 bits per heavy atom. The summed E-state index contributed by atoms with van der Waals surface area (Å²) in [5, 5.41) is 18.4. The highest BCUT2D eigenvalue weighted by Crippen LogP contribution is 2.33. The number of carboxylic acid groups (broad SMARTS) is 2. The highest BCUT2D eigenvalue weighted by Gasteiger charge is 2.33. The molecule has 0 aromatic carbocycles. The van der Waals surface area contributed by atoms with Gasteiger partial charge in [-0.25, -0.2) is 9.59 Å². The first-order chi connectivity index (χ1) is 20.4. The molecule has 1 saturated heterocycles. The van der Waals surface area contributed by atoms with Crippen molar-refractivity contribution >= 4 is 78.8 Å². The Morgan fingerprint density at radius 2 is 1.25 bits per heavy atom. The minimum Gasteiger partial charge on any atom is -0.481 e. The Hall–Kier alpha value is -1.58. The van der Waals surface area contributed by atoms with Crippen LogP contribution in [0.5, 0.6) is 0 Å². The van der Waals surface area contributed by atoms with E-state index in [0.717, 1.165) is 12.8 Å². The number of likely N-dealkylation sites (N-methyl/N-ethyl adjacent to an activating group) is 1. The normalized spacial score (nSPS) is 15.4. The van der Waals surface area contributed by atoms with Crippen LogP contribution in [0.3, 0.4) is 0 Å². The summed E-state index contributed by atoms with van der Waals surface area (Å²) in [4.78, 5) is 72.9. The molecule has 0 spiro atoms. The Bertz CT molecular complexity index is 905. The van der Waals surface area contributed by atoms with Crippen molar-refractivity contribution in [1.82, 2.24) is 9.96 Å². The van der Waals surface area contributed by atoms with Crippen molar-refractivity contribution in [3.05, 3.63) is 0 Å². The molecule has 4 atom stereocenters. The summed E-state index contributed by atoms with van der Waals surface area (Å²) in [6.45, 7) is 13.6. The number of hydrogen-bond donors (Lipinski definition) is 2. The van der Waals surface area contributed by atoms with E-state index in [0.29, 0.717) is 40.2 Å². The molecule has 3 amide bonds. The second kappa shape index (κ2) is 24.6. The first-order valence-electron chi connectivity index (χ1n) is 14.6. The van der Waals surface area contributed by atoms with Gasteiger partial charge in [-0.15, -0.1) is 5.06 Å². The molecule has 0 aromatic heterocycles. The predicted octanol–water partition coefficient (Wildman–Crippen LogP) is 6.26. The molecule has 0 radical (unpaired) electrons. The van der Waals surface area contributed by atoms with E-state index in [9.17, 15) is 28.8 Å². The largest absolute Gasteiger partial charge is 0.481 e. The van der Waals surface area contributed by atoms with E-state index in [1.807, 2.05) is 19.4 Å². The van der Waals surface area contributed by atoms with Crippen LogP contribution in [-0.4, -0.2) is 91.9 Å². The summed E-state index contributed by atoms with van der Waals surface area (Å²) in [7, 11) is 8.44. The highest BCUT2D eigenvalue weighted by molar-refractivity contribution is 8.77. The number of imide groups is 1. The van der Waals surface area contributed by atoms with Crippen LogP contribution in [0.25, 0.3) is 0 Å². The number of hydrogen-bond acceptors (Lipinski definition) is 11. The molecule has 1 aliphatic heterocycles. The van der Waals surface area contributed by atoms with Gasteiger partial charge in [0.25, 0.3) is 11.8 Å². The number of carbonyl (C=O) groups is 6. The molecule has 0 aliphatic carbocycles. The van der Waals surface area contributed by atoms with Crippen LogP contribution in [0.4, 0.5) is 0 Å². The maximum atomic E-state index is 11.9. The summed E-state index contributed by atoms with van der Waals surface area (Å²) in [6, 6.07) is -0.761. The molecule has 1 heterocycles. The first-order valence-corrected chi connectivity index (χ1v) is 19.9. The number of carbonyl (C=O) groups excluding carboxylic acids is 4.